The Morgan fingerprint density at radius 1 is 0.906 bits per heavy atom. The average molecular weight is 430 g/mol. The Kier molecular flexibility index (Phi) is 6.04. The molecule has 166 valence electrons. The molecule has 0 saturated carbocycles. The molecule has 2 aliphatic heterocycles. The van der Waals surface area contributed by atoms with E-state index in [0.717, 1.165) is 68.8 Å². The van der Waals surface area contributed by atoms with Gasteiger partial charge in [-0.1, -0.05) is 42.0 Å². The van der Waals surface area contributed by atoms with Crippen LogP contribution in [0.25, 0.3) is 10.9 Å². The van der Waals surface area contributed by atoms with Gasteiger partial charge in [0.25, 0.3) is 0 Å². The van der Waals surface area contributed by atoms with Gasteiger partial charge in [-0.2, -0.15) is 0 Å². The quantitative estimate of drug-likeness (QED) is 0.634. The molecule has 1 atom stereocenters. The number of aryl methyl sites for hydroxylation is 1. The summed E-state index contributed by atoms with van der Waals surface area (Å²) in [5.74, 6) is 1.33. The molecule has 5 rings (SSSR count). The molecule has 1 amide bonds. The lowest BCUT2D eigenvalue weighted by molar-refractivity contribution is -0.131. The van der Waals surface area contributed by atoms with Crippen molar-refractivity contribution in [3.63, 3.8) is 0 Å². The van der Waals surface area contributed by atoms with E-state index in [1.165, 1.54) is 11.1 Å². The van der Waals surface area contributed by atoms with Gasteiger partial charge in [-0.3, -0.25) is 9.69 Å². The molecule has 0 spiro atoms. The van der Waals surface area contributed by atoms with Crippen LogP contribution in [0.4, 0.5) is 5.82 Å². The lowest BCUT2D eigenvalue weighted by Crippen LogP contribution is -2.50. The second kappa shape index (κ2) is 9.25. The van der Waals surface area contributed by atoms with Gasteiger partial charge in [0.2, 0.25) is 5.91 Å². The molecule has 3 heterocycles. The Labute approximate surface area is 189 Å². The van der Waals surface area contributed by atoms with Crippen molar-refractivity contribution in [1.29, 1.82) is 0 Å². The first-order chi connectivity index (χ1) is 15.7. The van der Waals surface area contributed by atoms with Gasteiger partial charge in [-0.05, 0) is 37.5 Å². The lowest BCUT2D eigenvalue weighted by atomic mass is 10.1. The summed E-state index contributed by atoms with van der Waals surface area (Å²) in [5.41, 5.74) is 3.47. The number of nitrogens with zero attached hydrogens (tertiary/aromatic N) is 5. The van der Waals surface area contributed by atoms with Crippen LogP contribution in [0.1, 0.15) is 30.4 Å². The molecule has 32 heavy (non-hydrogen) atoms. The number of aromatic nitrogens is 2. The van der Waals surface area contributed by atoms with Gasteiger partial charge in [0.15, 0.2) is 0 Å². The van der Waals surface area contributed by atoms with Crippen molar-refractivity contribution >= 4 is 22.6 Å². The number of anilines is 1. The highest BCUT2D eigenvalue weighted by molar-refractivity contribution is 5.89. The van der Waals surface area contributed by atoms with E-state index in [4.69, 9.17) is 0 Å². The van der Waals surface area contributed by atoms with Gasteiger partial charge in [0.05, 0.1) is 5.52 Å². The van der Waals surface area contributed by atoms with E-state index in [2.05, 4.69) is 63.1 Å². The Balaban J connectivity index is 1.20. The summed E-state index contributed by atoms with van der Waals surface area (Å²) < 4.78 is 0. The van der Waals surface area contributed by atoms with Crippen LogP contribution >= 0.6 is 0 Å². The summed E-state index contributed by atoms with van der Waals surface area (Å²) in [4.78, 5) is 28.8. The number of likely N-dealkylation sites (tertiary alicyclic amines) is 1. The van der Waals surface area contributed by atoms with E-state index < -0.39 is 0 Å². The Morgan fingerprint density at radius 3 is 2.50 bits per heavy atom. The normalized spacial score (nSPS) is 20.5. The molecule has 0 aliphatic carbocycles. The fourth-order valence-electron chi connectivity index (χ4n) is 5.01. The summed E-state index contributed by atoms with van der Waals surface area (Å²) in [6, 6.07) is 17.2. The smallest absolute Gasteiger partial charge is 0.222 e. The lowest BCUT2D eigenvalue weighted by Gasteiger charge is -2.39. The van der Waals surface area contributed by atoms with E-state index in [9.17, 15) is 4.79 Å². The van der Waals surface area contributed by atoms with Gasteiger partial charge in [0.1, 0.15) is 12.1 Å². The van der Waals surface area contributed by atoms with Gasteiger partial charge < -0.3 is 9.80 Å². The Morgan fingerprint density at radius 2 is 1.69 bits per heavy atom. The fraction of sp³-hybridized carbons (Fsp3) is 0.423. The molecule has 2 fully saturated rings. The number of carbonyl (C=O) groups is 1. The highest BCUT2D eigenvalue weighted by Crippen LogP contribution is 2.26. The van der Waals surface area contributed by atoms with Crippen LogP contribution in [0.3, 0.4) is 0 Å². The third-order valence-electron chi connectivity index (χ3n) is 6.92. The third kappa shape index (κ3) is 4.46. The first-order valence-corrected chi connectivity index (χ1v) is 11.7. The first-order valence-electron chi connectivity index (χ1n) is 11.7. The third-order valence-corrected chi connectivity index (χ3v) is 6.92. The number of benzene rings is 2. The number of para-hydroxylation sites is 1. The SMILES string of the molecule is Cc1ccc(CN2CCC(N3CCN(c4ncnc5ccccc45)CC3)CCC2=O)cc1. The molecule has 0 radical (unpaired) electrons. The second-order valence-corrected chi connectivity index (χ2v) is 9.02. The van der Waals surface area contributed by atoms with E-state index in [1.807, 2.05) is 17.0 Å². The van der Waals surface area contributed by atoms with Crippen molar-refractivity contribution in [2.45, 2.75) is 38.8 Å². The van der Waals surface area contributed by atoms with Crippen molar-refractivity contribution in [2.24, 2.45) is 0 Å². The first kappa shape index (κ1) is 20.9. The Bertz CT molecular complexity index is 1070. The molecule has 2 aliphatic rings. The molecule has 0 N–H and O–H groups in total. The zero-order valence-corrected chi connectivity index (χ0v) is 18.8. The Hall–Kier alpha value is -2.99. The molecule has 3 aromatic rings. The number of amides is 1. The average Bonchev–Trinajstić information content (AvgIpc) is 3.02. The molecule has 1 aromatic heterocycles. The molecule has 1 unspecified atom stereocenters. The van der Waals surface area contributed by atoms with Crippen LogP contribution in [0.5, 0.6) is 0 Å². The summed E-state index contributed by atoms with van der Waals surface area (Å²) in [6.07, 6.45) is 4.32. The van der Waals surface area contributed by atoms with Gasteiger partial charge >= 0.3 is 0 Å². The standard InChI is InChI=1S/C26H31N5O/c1-20-6-8-21(9-7-20)18-31-13-12-22(10-11-25(31)32)29-14-16-30(17-15-29)26-23-4-2-3-5-24(23)27-19-28-26/h2-9,19,22H,10-18H2,1H3. The summed E-state index contributed by atoms with van der Waals surface area (Å²) in [5, 5.41) is 1.12. The number of piperazine rings is 1. The summed E-state index contributed by atoms with van der Waals surface area (Å²) >= 11 is 0. The topological polar surface area (TPSA) is 52.6 Å². The van der Waals surface area contributed by atoms with E-state index in [0.29, 0.717) is 18.4 Å². The summed E-state index contributed by atoms with van der Waals surface area (Å²) in [6.45, 7) is 7.59. The minimum absolute atomic E-state index is 0.291. The van der Waals surface area contributed by atoms with Gasteiger partial charge in [-0.15, -0.1) is 0 Å². The highest BCUT2D eigenvalue weighted by Gasteiger charge is 2.29. The molecule has 2 aromatic carbocycles. The molecule has 6 heteroatoms. The van der Waals surface area contributed by atoms with Crippen LogP contribution in [-0.4, -0.2) is 64.4 Å². The van der Waals surface area contributed by atoms with Crippen LogP contribution in [-0.2, 0) is 11.3 Å². The minimum Gasteiger partial charge on any atom is -0.353 e. The van der Waals surface area contributed by atoms with Gasteiger partial charge in [-0.25, -0.2) is 9.97 Å². The number of hydrogen-bond donors (Lipinski definition) is 0. The zero-order chi connectivity index (χ0) is 21.9. The maximum atomic E-state index is 12.8. The van der Waals surface area contributed by atoms with Crippen LogP contribution < -0.4 is 4.90 Å². The number of hydrogen-bond acceptors (Lipinski definition) is 5. The maximum Gasteiger partial charge on any atom is 0.222 e. The monoisotopic (exact) mass is 429 g/mol. The highest BCUT2D eigenvalue weighted by atomic mass is 16.2. The predicted octanol–water partition coefficient (Wildman–Crippen LogP) is 3.64. The number of rotatable bonds is 4. The molecule has 2 saturated heterocycles. The fourth-order valence-corrected chi connectivity index (χ4v) is 5.01. The minimum atomic E-state index is 0.291. The maximum absolute atomic E-state index is 12.8. The van der Waals surface area contributed by atoms with Crippen molar-refractivity contribution in [3.05, 3.63) is 66.0 Å². The predicted molar refractivity (Wildman–Crippen MR) is 128 cm³/mol. The van der Waals surface area contributed by atoms with Gasteiger partial charge in [0, 0.05) is 57.1 Å². The largest absolute Gasteiger partial charge is 0.353 e. The summed E-state index contributed by atoms with van der Waals surface area (Å²) in [7, 11) is 0. The number of carbonyl (C=O) groups excluding carboxylic acids is 1. The zero-order valence-electron chi connectivity index (χ0n) is 18.8. The van der Waals surface area contributed by atoms with Crippen LogP contribution in [0.15, 0.2) is 54.9 Å². The van der Waals surface area contributed by atoms with E-state index in [1.54, 1.807) is 6.33 Å². The second-order valence-electron chi connectivity index (χ2n) is 9.02. The van der Waals surface area contributed by atoms with Crippen molar-refractivity contribution in [1.82, 2.24) is 19.8 Å². The molecular formula is C26H31N5O. The van der Waals surface area contributed by atoms with Crippen molar-refractivity contribution < 1.29 is 4.79 Å². The molecule has 6 nitrogen and oxygen atoms in total. The van der Waals surface area contributed by atoms with Crippen molar-refractivity contribution in [3.8, 4) is 0 Å². The van der Waals surface area contributed by atoms with Crippen LogP contribution in [0, 0.1) is 6.92 Å². The van der Waals surface area contributed by atoms with Crippen molar-refractivity contribution in [2.75, 3.05) is 37.6 Å². The van der Waals surface area contributed by atoms with E-state index >= 15 is 0 Å². The van der Waals surface area contributed by atoms with Crippen LogP contribution in [0.2, 0.25) is 0 Å². The molecular weight excluding hydrogens is 398 g/mol. The molecule has 0 bridgehead atoms. The van der Waals surface area contributed by atoms with E-state index in [-0.39, 0.29) is 0 Å². The number of fused-ring (bicyclic) bond motifs is 1.